The quantitative estimate of drug-likeness (QED) is 0.179. The molecule has 0 bridgehead atoms. The summed E-state index contributed by atoms with van der Waals surface area (Å²) in [5.74, 6) is -0.509. The Bertz CT molecular complexity index is 1670. The van der Waals surface area contributed by atoms with Gasteiger partial charge in [-0.2, -0.15) is 20.7 Å². The molecule has 194 valence electrons. The van der Waals surface area contributed by atoms with Crippen LogP contribution in [0.25, 0.3) is 16.6 Å². The zero-order valence-electron chi connectivity index (χ0n) is 22.1. The van der Waals surface area contributed by atoms with Crippen LogP contribution in [-0.4, -0.2) is 25.5 Å². The molecule has 0 aliphatic heterocycles. The van der Waals surface area contributed by atoms with Crippen molar-refractivity contribution in [1.82, 2.24) is 19.4 Å². The van der Waals surface area contributed by atoms with Gasteiger partial charge in [-0.25, -0.2) is 8.91 Å². The topological polar surface area (TPSA) is 155 Å². The van der Waals surface area contributed by atoms with Crippen molar-refractivity contribution in [3.8, 4) is 23.3 Å². The maximum absolute atomic E-state index is 13.7. The van der Waals surface area contributed by atoms with E-state index in [2.05, 4.69) is 20.8 Å². The van der Waals surface area contributed by atoms with Crippen molar-refractivity contribution in [3.63, 3.8) is 0 Å². The first-order valence-corrected chi connectivity index (χ1v) is 14.0. The Labute approximate surface area is 278 Å². The molecule has 0 spiro atoms. The summed E-state index contributed by atoms with van der Waals surface area (Å²) in [6, 6.07) is 10.1. The molecule has 15 heteroatoms. The number of benzene rings is 1. The predicted molar refractivity (Wildman–Crippen MR) is 131 cm³/mol. The van der Waals surface area contributed by atoms with E-state index in [-0.39, 0.29) is 70.7 Å². The van der Waals surface area contributed by atoms with Gasteiger partial charge in [0.05, 0.1) is 49.0 Å². The number of hydrogen-bond donors (Lipinski definition) is 0. The molecule has 4 aromatic rings. The zero-order chi connectivity index (χ0) is 27.0. The molecular formula is C25H20FN6Na2O4PS. The standard InChI is InChI=1S/C25H22FN6O4PS.2Na/c1-15-22(13-30-32(15)20-3-5-21(6-4-20)36-37(33,34)35)17-9-24(25-18(11-28)12-29-31(25)14-17)38-23-7-2-19(26)8-16(23)10-27;;/h2,7-9,12-14,20-21H,3-6H2,1H3,(H2,33,34,35);;/q;2*+1/p-2. The number of hydrogen-bond acceptors (Lipinski definition) is 9. The molecule has 1 aromatic carbocycles. The van der Waals surface area contributed by atoms with Crippen LogP contribution in [0.2, 0.25) is 0 Å². The fourth-order valence-corrected chi connectivity index (χ4v) is 6.49. The fourth-order valence-electron chi connectivity index (χ4n) is 4.84. The zero-order valence-corrected chi connectivity index (χ0v) is 27.8. The number of fused-ring (bicyclic) bond motifs is 1. The van der Waals surface area contributed by atoms with Gasteiger partial charge in [-0.1, -0.05) is 11.8 Å². The van der Waals surface area contributed by atoms with Gasteiger partial charge in [-0.3, -0.25) is 4.68 Å². The molecule has 40 heavy (non-hydrogen) atoms. The van der Waals surface area contributed by atoms with E-state index >= 15 is 0 Å². The van der Waals surface area contributed by atoms with Gasteiger partial charge in [-0.05, 0) is 56.9 Å². The van der Waals surface area contributed by atoms with Crippen LogP contribution < -0.4 is 68.9 Å². The molecule has 0 radical (unpaired) electrons. The second-order valence-corrected chi connectivity index (χ2v) is 11.2. The summed E-state index contributed by atoms with van der Waals surface area (Å²) in [5.41, 5.74) is 3.64. The molecule has 1 saturated carbocycles. The maximum atomic E-state index is 13.7. The third-order valence-corrected chi connectivity index (χ3v) is 8.27. The molecule has 0 saturated heterocycles. The number of nitrogens with zero attached hydrogens (tertiary/aromatic N) is 6. The van der Waals surface area contributed by atoms with Gasteiger partial charge in [0.15, 0.2) is 0 Å². The normalized spacial score (nSPS) is 16.9. The molecule has 5 rings (SSSR count). The van der Waals surface area contributed by atoms with Crippen LogP contribution in [0.1, 0.15) is 48.5 Å². The molecule has 10 nitrogen and oxygen atoms in total. The Morgan fingerprint density at radius 3 is 2.40 bits per heavy atom. The third kappa shape index (κ3) is 7.09. The molecule has 3 heterocycles. The van der Waals surface area contributed by atoms with E-state index in [9.17, 15) is 29.3 Å². The average molecular weight is 596 g/mol. The summed E-state index contributed by atoms with van der Waals surface area (Å²) >= 11 is 1.25. The van der Waals surface area contributed by atoms with Gasteiger partial charge in [0.2, 0.25) is 0 Å². The summed E-state index contributed by atoms with van der Waals surface area (Å²) in [6.45, 7) is 1.93. The van der Waals surface area contributed by atoms with Crippen molar-refractivity contribution in [2.45, 2.75) is 54.5 Å². The third-order valence-electron chi connectivity index (χ3n) is 6.60. The number of pyridine rings is 1. The van der Waals surface area contributed by atoms with Crippen molar-refractivity contribution in [2.24, 2.45) is 0 Å². The van der Waals surface area contributed by atoms with Crippen LogP contribution in [0.3, 0.4) is 0 Å². The number of phosphoric acid groups is 1. The summed E-state index contributed by atoms with van der Waals surface area (Å²) in [6.07, 6.45) is 6.49. The fraction of sp³-hybridized carbons (Fsp3) is 0.280. The molecule has 0 N–H and O–H groups in total. The molecule has 0 atom stereocenters. The molecule has 1 fully saturated rings. The van der Waals surface area contributed by atoms with Crippen molar-refractivity contribution in [1.29, 1.82) is 10.5 Å². The molecule has 3 aromatic heterocycles. The summed E-state index contributed by atoms with van der Waals surface area (Å²) in [7, 11) is -5.02. The van der Waals surface area contributed by atoms with E-state index in [1.807, 2.05) is 23.7 Å². The van der Waals surface area contributed by atoms with Gasteiger partial charge >= 0.3 is 59.1 Å². The van der Waals surface area contributed by atoms with Crippen LogP contribution in [-0.2, 0) is 9.09 Å². The summed E-state index contributed by atoms with van der Waals surface area (Å²) in [5, 5.41) is 28.1. The Balaban J connectivity index is 0.00000220. The SMILES string of the molecule is Cc1c(-c2cc(Sc3ccc(F)cc3C#N)c3c(C#N)cnn3c2)cnn1C1CCC(OP(=O)([O-])[O-])CC1.[Na+].[Na+]. The van der Waals surface area contributed by atoms with Crippen molar-refractivity contribution >= 4 is 25.1 Å². The van der Waals surface area contributed by atoms with E-state index in [1.165, 1.54) is 36.2 Å². The van der Waals surface area contributed by atoms with Crippen molar-refractivity contribution < 1.29 is 82.4 Å². The van der Waals surface area contributed by atoms with Gasteiger partial charge in [0, 0.05) is 32.8 Å². The van der Waals surface area contributed by atoms with Crippen LogP contribution in [0.4, 0.5) is 4.39 Å². The Morgan fingerprint density at radius 2 is 1.75 bits per heavy atom. The van der Waals surface area contributed by atoms with E-state index in [0.29, 0.717) is 46.6 Å². The van der Waals surface area contributed by atoms with Gasteiger partial charge in [-0.15, -0.1) is 0 Å². The van der Waals surface area contributed by atoms with Gasteiger partial charge in [0.1, 0.15) is 18.0 Å². The Morgan fingerprint density at radius 1 is 1.05 bits per heavy atom. The van der Waals surface area contributed by atoms with E-state index < -0.39 is 19.7 Å². The van der Waals surface area contributed by atoms with Crippen molar-refractivity contribution in [3.05, 3.63) is 65.5 Å². The van der Waals surface area contributed by atoms with Gasteiger partial charge in [0.25, 0.3) is 0 Å². The van der Waals surface area contributed by atoms with Gasteiger partial charge < -0.3 is 18.9 Å². The number of phosphoric ester groups is 1. The number of halogens is 1. The summed E-state index contributed by atoms with van der Waals surface area (Å²) < 4.78 is 32.8. The molecule has 1 aliphatic rings. The number of nitriles is 2. The largest absolute Gasteiger partial charge is 1.00 e. The number of rotatable bonds is 6. The first-order chi connectivity index (χ1) is 18.2. The molecule has 1 aliphatic carbocycles. The average Bonchev–Trinajstić information content (AvgIpc) is 3.48. The van der Waals surface area contributed by atoms with Crippen LogP contribution in [0, 0.1) is 35.4 Å². The molecule has 0 unspecified atom stereocenters. The molecular weight excluding hydrogens is 576 g/mol. The monoisotopic (exact) mass is 596 g/mol. The maximum Gasteiger partial charge on any atom is 1.00 e. The summed E-state index contributed by atoms with van der Waals surface area (Å²) in [4.78, 5) is 23.1. The van der Waals surface area contributed by atoms with E-state index in [0.717, 1.165) is 16.8 Å². The number of aromatic nitrogens is 4. The Hall–Kier alpha value is -1.51. The molecule has 0 amide bonds. The van der Waals surface area contributed by atoms with Crippen LogP contribution in [0.5, 0.6) is 0 Å². The Kier molecular flexibility index (Phi) is 11.3. The predicted octanol–water partition coefficient (Wildman–Crippen LogP) is -2.12. The van der Waals surface area contributed by atoms with Crippen LogP contribution >= 0.6 is 19.6 Å². The first kappa shape index (κ1) is 33.0. The van der Waals surface area contributed by atoms with E-state index in [4.69, 9.17) is 0 Å². The van der Waals surface area contributed by atoms with E-state index in [1.54, 1.807) is 16.9 Å². The minimum absolute atomic E-state index is 0. The van der Waals surface area contributed by atoms with Crippen LogP contribution in [0.15, 0.2) is 52.6 Å². The minimum atomic E-state index is -5.02. The minimum Gasteiger partial charge on any atom is -0.790 e. The second kappa shape index (κ2) is 13.6. The van der Waals surface area contributed by atoms with Crippen molar-refractivity contribution in [2.75, 3.05) is 0 Å². The first-order valence-electron chi connectivity index (χ1n) is 11.7. The second-order valence-electron chi connectivity index (χ2n) is 8.98. The smallest absolute Gasteiger partial charge is 0.790 e.